The predicted octanol–water partition coefficient (Wildman–Crippen LogP) is 3.62. The van der Waals surface area contributed by atoms with Gasteiger partial charge in [-0.05, 0) is 46.5 Å². The summed E-state index contributed by atoms with van der Waals surface area (Å²) in [6.45, 7) is 2.07. The van der Waals surface area contributed by atoms with Crippen molar-refractivity contribution in [3.63, 3.8) is 0 Å². The standard InChI is InChI=1S/C14H11BrN2/c1-10-2-4-11(5-3-10)6-12-7-13(15)14(8-16)17-9-12/h2-5,7,9H,6H2,1H3. The van der Waals surface area contributed by atoms with E-state index in [9.17, 15) is 0 Å². The average Bonchev–Trinajstić information content (AvgIpc) is 2.32. The summed E-state index contributed by atoms with van der Waals surface area (Å²) in [5, 5.41) is 8.79. The van der Waals surface area contributed by atoms with Crippen molar-refractivity contribution in [1.82, 2.24) is 4.98 Å². The van der Waals surface area contributed by atoms with Gasteiger partial charge in [0.25, 0.3) is 0 Å². The molecule has 2 rings (SSSR count). The molecule has 0 fully saturated rings. The van der Waals surface area contributed by atoms with E-state index in [1.54, 1.807) is 6.20 Å². The van der Waals surface area contributed by atoms with Crippen LogP contribution in [-0.4, -0.2) is 4.98 Å². The van der Waals surface area contributed by atoms with E-state index in [0.29, 0.717) is 5.69 Å². The number of pyridine rings is 1. The Morgan fingerprint density at radius 3 is 2.53 bits per heavy atom. The van der Waals surface area contributed by atoms with Gasteiger partial charge in [-0.2, -0.15) is 5.26 Å². The molecule has 0 atom stereocenters. The molecule has 0 bridgehead atoms. The first-order valence-electron chi connectivity index (χ1n) is 5.29. The number of halogens is 1. The summed E-state index contributed by atoms with van der Waals surface area (Å²) in [5.41, 5.74) is 4.03. The molecule has 2 aromatic rings. The first kappa shape index (κ1) is 11.8. The minimum absolute atomic E-state index is 0.428. The van der Waals surface area contributed by atoms with Crippen molar-refractivity contribution in [2.75, 3.05) is 0 Å². The number of nitrogens with zero attached hydrogens (tertiary/aromatic N) is 2. The van der Waals surface area contributed by atoms with Gasteiger partial charge in [-0.15, -0.1) is 0 Å². The zero-order valence-corrected chi connectivity index (χ0v) is 11.0. The summed E-state index contributed by atoms with van der Waals surface area (Å²) in [6, 6.07) is 12.4. The van der Waals surface area contributed by atoms with Crippen LogP contribution in [0, 0.1) is 18.3 Å². The van der Waals surface area contributed by atoms with Gasteiger partial charge in [0.15, 0.2) is 5.69 Å². The zero-order valence-electron chi connectivity index (χ0n) is 9.44. The van der Waals surface area contributed by atoms with Gasteiger partial charge in [-0.3, -0.25) is 0 Å². The molecular weight excluding hydrogens is 276 g/mol. The van der Waals surface area contributed by atoms with E-state index in [1.807, 2.05) is 12.1 Å². The third-order valence-electron chi connectivity index (χ3n) is 2.53. The van der Waals surface area contributed by atoms with Gasteiger partial charge in [0, 0.05) is 6.20 Å². The first-order valence-corrected chi connectivity index (χ1v) is 6.08. The second kappa shape index (κ2) is 5.11. The van der Waals surface area contributed by atoms with Crippen molar-refractivity contribution < 1.29 is 0 Å². The molecule has 0 aliphatic heterocycles. The van der Waals surface area contributed by atoms with Gasteiger partial charge in [-0.1, -0.05) is 29.8 Å². The van der Waals surface area contributed by atoms with Crippen molar-refractivity contribution >= 4 is 15.9 Å². The predicted molar refractivity (Wildman–Crippen MR) is 70.6 cm³/mol. The van der Waals surface area contributed by atoms with E-state index in [2.05, 4.69) is 52.1 Å². The van der Waals surface area contributed by atoms with Gasteiger partial charge in [-0.25, -0.2) is 4.98 Å². The number of hydrogen-bond donors (Lipinski definition) is 0. The third kappa shape index (κ3) is 2.92. The van der Waals surface area contributed by atoms with Crippen LogP contribution in [0.2, 0.25) is 0 Å². The van der Waals surface area contributed by atoms with Gasteiger partial charge in [0.1, 0.15) is 6.07 Å². The molecule has 0 aliphatic carbocycles. The third-order valence-corrected chi connectivity index (χ3v) is 3.14. The number of hydrogen-bond acceptors (Lipinski definition) is 2. The lowest BCUT2D eigenvalue weighted by atomic mass is 10.1. The fourth-order valence-electron chi connectivity index (χ4n) is 1.60. The lowest BCUT2D eigenvalue weighted by Gasteiger charge is -2.03. The van der Waals surface area contributed by atoms with E-state index >= 15 is 0 Å². The molecule has 0 saturated heterocycles. The van der Waals surface area contributed by atoms with Crippen LogP contribution in [0.25, 0.3) is 0 Å². The van der Waals surface area contributed by atoms with Gasteiger partial charge < -0.3 is 0 Å². The van der Waals surface area contributed by atoms with Crippen LogP contribution in [0.1, 0.15) is 22.4 Å². The van der Waals surface area contributed by atoms with Crippen molar-refractivity contribution in [3.05, 3.63) is 63.4 Å². The van der Waals surface area contributed by atoms with Crippen LogP contribution in [0.3, 0.4) is 0 Å². The maximum atomic E-state index is 8.79. The Morgan fingerprint density at radius 1 is 1.24 bits per heavy atom. The number of aryl methyl sites for hydroxylation is 1. The quantitative estimate of drug-likeness (QED) is 0.846. The van der Waals surface area contributed by atoms with Gasteiger partial charge in [0.2, 0.25) is 0 Å². The molecule has 0 amide bonds. The Kier molecular flexibility index (Phi) is 3.55. The normalized spacial score (nSPS) is 9.94. The molecule has 3 heteroatoms. The highest BCUT2D eigenvalue weighted by atomic mass is 79.9. The van der Waals surface area contributed by atoms with E-state index < -0.39 is 0 Å². The summed E-state index contributed by atoms with van der Waals surface area (Å²) in [7, 11) is 0. The Morgan fingerprint density at radius 2 is 1.94 bits per heavy atom. The number of benzene rings is 1. The minimum Gasteiger partial charge on any atom is -0.244 e. The molecule has 1 aromatic heterocycles. The van der Waals surface area contributed by atoms with E-state index in [1.165, 1.54) is 11.1 Å². The molecule has 0 radical (unpaired) electrons. The van der Waals surface area contributed by atoms with Crippen LogP contribution in [0.15, 0.2) is 41.0 Å². The molecular formula is C14H11BrN2. The van der Waals surface area contributed by atoms with Crippen LogP contribution >= 0.6 is 15.9 Å². The highest BCUT2D eigenvalue weighted by Gasteiger charge is 2.03. The molecule has 1 aromatic carbocycles. The van der Waals surface area contributed by atoms with Gasteiger partial charge >= 0.3 is 0 Å². The second-order valence-corrected chi connectivity index (χ2v) is 4.80. The van der Waals surface area contributed by atoms with Crippen molar-refractivity contribution in [3.8, 4) is 6.07 Å². The van der Waals surface area contributed by atoms with Crippen LogP contribution in [-0.2, 0) is 6.42 Å². The molecule has 0 saturated carbocycles. The topological polar surface area (TPSA) is 36.7 Å². The van der Waals surface area contributed by atoms with E-state index in [4.69, 9.17) is 5.26 Å². The molecule has 84 valence electrons. The Balaban J connectivity index is 2.22. The molecule has 0 unspecified atom stereocenters. The van der Waals surface area contributed by atoms with Crippen LogP contribution < -0.4 is 0 Å². The summed E-state index contributed by atoms with van der Waals surface area (Å²) in [5.74, 6) is 0. The fourth-order valence-corrected chi connectivity index (χ4v) is 2.08. The van der Waals surface area contributed by atoms with Gasteiger partial charge in [0.05, 0.1) is 4.47 Å². The largest absolute Gasteiger partial charge is 0.244 e. The molecule has 0 spiro atoms. The van der Waals surface area contributed by atoms with Crippen molar-refractivity contribution in [2.24, 2.45) is 0 Å². The fraction of sp³-hybridized carbons (Fsp3) is 0.143. The highest BCUT2D eigenvalue weighted by Crippen LogP contribution is 2.17. The number of aromatic nitrogens is 1. The lowest BCUT2D eigenvalue weighted by Crippen LogP contribution is -1.92. The lowest BCUT2D eigenvalue weighted by molar-refractivity contribution is 1.12. The molecule has 2 nitrogen and oxygen atoms in total. The van der Waals surface area contributed by atoms with E-state index in [-0.39, 0.29) is 0 Å². The monoisotopic (exact) mass is 286 g/mol. The second-order valence-electron chi connectivity index (χ2n) is 3.95. The van der Waals surface area contributed by atoms with Crippen LogP contribution in [0.5, 0.6) is 0 Å². The molecule has 0 N–H and O–H groups in total. The summed E-state index contributed by atoms with van der Waals surface area (Å²) in [6.07, 6.45) is 2.58. The van der Waals surface area contributed by atoms with E-state index in [0.717, 1.165) is 16.5 Å². The number of nitriles is 1. The molecule has 0 aliphatic rings. The average molecular weight is 287 g/mol. The Hall–Kier alpha value is -1.66. The molecule has 17 heavy (non-hydrogen) atoms. The van der Waals surface area contributed by atoms with Crippen molar-refractivity contribution in [1.29, 1.82) is 5.26 Å². The molecule has 1 heterocycles. The maximum Gasteiger partial charge on any atom is 0.154 e. The SMILES string of the molecule is Cc1ccc(Cc2cnc(C#N)c(Br)c2)cc1. The highest BCUT2D eigenvalue weighted by molar-refractivity contribution is 9.10. The first-order chi connectivity index (χ1) is 8.19. The summed E-state index contributed by atoms with van der Waals surface area (Å²) >= 11 is 3.35. The summed E-state index contributed by atoms with van der Waals surface area (Å²) in [4.78, 5) is 4.10. The minimum atomic E-state index is 0.428. The van der Waals surface area contributed by atoms with Crippen molar-refractivity contribution in [2.45, 2.75) is 13.3 Å². The Labute approximate surface area is 109 Å². The summed E-state index contributed by atoms with van der Waals surface area (Å²) < 4.78 is 0.754. The number of rotatable bonds is 2. The van der Waals surface area contributed by atoms with Crippen LogP contribution in [0.4, 0.5) is 0 Å². The maximum absolute atomic E-state index is 8.79. The zero-order chi connectivity index (χ0) is 12.3. The smallest absolute Gasteiger partial charge is 0.154 e. The Bertz CT molecular complexity index is 568.